The molecule has 1 heterocycles. The Hall–Kier alpha value is -1.11. The topological polar surface area (TPSA) is 12.4 Å². The molecule has 2 rings (SSSR count). The molecule has 1 nitrogen and oxygen atoms in total. The van der Waals surface area contributed by atoms with E-state index in [9.17, 15) is 0 Å². The van der Waals surface area contributed by atoms with Crippen molar-refractivity contribution in [2.75, 3.05) is 6.54 Å². The molecule has 1 heteroatoms. The number of aliphatic imine (C=N–C) groups is 1. The zero-order chi connectivity index (χ0) is 8.55. The van der Waals surface area contributed by atoms with Gasteiger partial charge in [-0.25, -0.2) is 0 Å². The Morgan fingerprint density at radius 3 is 2.67 bits per heavy atom. The van der Waals surface area contributed by atoms with Gasteiger partial charge < -0.3 is 0 Å². The Bertz CT molecular complexity index is 337. The predicted octanol–water partition coefficient (Wildman–Crippen LogP) is 2.28. The van der Waals surface area contributed by atoms with E-state index < -0.39 is 0 Å². The van der Waals surface area contributed by atoms with E-state index in [1.54, 1.807) is 0 Å². The summed E-state index contributed by atoms with van der Waals surface area (Å²) in [5.41, 5.74) is 5.59. The average Bonchev–Trinajstić information content (AvgIpc) is 2.12. The molecule has 0 saturated carbocycles. The number of hydrogen-bond acceptors (Lipinski definition) is 1. The van der Waals surface area contributed by atoms with Gasteiger partial charge in [0.15, 0.2) is 0 Å². The van der Waals surface area contributed by atoms with Crippen LogP contribution < -0.4 is 0 Å². The molecule has 0 spiro atoms. The maximum absolute atomic E-state index is 4.30. The number of nitrogens with zero attached hydrogens (tertiary/aromatic N) is 1. The van der Waals surface area contributed by atoms with Gasteiger partial charge in [0.25, 0.3) is 0 Å². The third-order valence-electron chi connectivity index (χ3n) is 2.52. The molecule has 0 radical (unpaired) electrons. The SMILES string of the molecule is Cc1ccc(C)c2c1C=NCC2. The minimum Gasteiger partial charge on any atom is -0.292 e. The van der Waals surface area contributed by atoms with Gasteiger partial charge in [0.05, 0.1) is 0 Å². The maximum atomic E-state index is 4.30. The number of hydrogen-bond donors (Lipinski definition) is 0. The quantitative estimate of drug-likeness (QED) is 0.550. The van der Waals surface area contributed by atoms with E-state index >= 15 is 0 Å². The van der Waals surface area contributed by atoms with Crippen molar-refractivity contribution in [3.05, 3.63) is 34.4 Å². The lowest BCUT2D eigenvalue weighted by Gasteiger charge is -2.14. The third kappa shape index (κ3) is 1.06. The van der Waals surface area contributed by atoms with Gasteiger partial charge >= 0.3 is 0 Å². The molecule has 0 bridgehead atoms. The molecule has 0 aliphatic carbocycles. The molecule has 1 aliphatic rings. The highest BCUT2D eigenvalue weighted by Gasteiger charge is 2.09. The van der Waals surface area contributed by atoms with E-state index in [0.717, 1.165) is 13.0 Å². The molecule has 1 aromatic rings. The van der Waals surface area contributed by atoms with Gasteiger partial charge in [0, 0.05) is 12.8 Å². The molecule has 0 amide bonds. The number of fused-ring (bicyclic) bond motifs is 1. The summed E-state index contributed by atoms with van der Waals surface area (Å²) in [4.78, 5) is 4.30. The molecular formula is C11H13N. The molecule has 0 saturated heterocycles. The molecule has 1 aromatic carbocycles. The summed E-state index contributed by atoms with van der Waals surface area (Å²) < 4.78 is 0. The molecule has 0 atom stereocenters. The molecule has 62 valence electrons. The fraction of sp³-hybridized carbons (Fsp3) is 0.364. The Balaban J connectivity index is 2.67. The fourth-order valence-corrected chi connectivity index (χ4v) is 1.73. The lowest BCUT2D eigenvalue weighted by molar-refractivity contribution is 0.937. The van der Waals surface area contributed by atoms with Crippen LogP contribution in [0.3, 0.4) is 0 Å². The minimum absolute atomic E-state index is 0.956. The summed E-state index contributed by atoms with van der Waals surface area (Å²) in [7, 11) is 0. The van der Waals surface area contributed by atoms with Crippen LogP contribution in [-0.4, -0.2) is 12.8 Å². The second-order valence-corrected chi connectivity index (χ2v) is 3.38. The standard InChI is InChI=1S/C11H13N/c1-8-3-4-9(2)11-7-12-6-5-10(8)11/h3-4,7H,5-6H2,1-2H3. The lowest BCUT2D eigenvalue weighted by Crippen LogP contribution is -2.06. The van der Waals surface area contributed by atoms with Crippen molar-refractivity contribution in [2.24, 2.45) is 4.99 Å². The highest BCUT2D eigenvalue weighted by atomic mass is 14.7. The van der Waals surface area contributed by atoms with Crippen LogP contribution in [0.5, 0.6) is 0 Å². The molecule has 0 N–H and O–H groups in total. The normalized spacial score (nSPS) is 14.5. The zero-order valence-corrected chi connectivity index (χ0v) is 7.59. The van der Waals surface area contributed by atoms with Crippen LogP contribution in [0.4, 0.5) is 0 Å². The first-order valence-electron chi connectivity index (χ1n) is 4.38. The van der Waals surface area contributed by atoms with Gasteiger partial charge in [-0.15, -0.1) is 0 Å². The van der Waals surface area contributed by atoms with Crippen molar-refractivity contribution in [2.45, 2.75) is 20.3 Å². The summed E-state index contributed by atoms with van der Waals surface area (Å²) in [6.07, 6.45) is 3.13. The van der Waals surface area contributed by atoms with Crippen LogP contribution in [0.15, 0.2) is 17.1 Å². The summed E-state index contributed by atoms with van der Waals surface area (Å²) in [6, 6.07) is 4.37. The summed E-state index contributed by atoms with van der Waals surface area (Å²) in [5, 5.41) is 0. The van der Waals surface area contributed by atoms with Crippen molar-refractivity contribution in [3.63, 3.8) is 0 Å². The lowest BCUT2D eigenvalue weighted by atomic mass is 9.94. The van der Waals surface area contributed by atoms with E-state index in [1.165, 1.54) is 22.3 Å². The molecule has 0 aromatic heterocycles. The van der Waals surface area contributed by atoms with Gasteiger partial charge in [-0.2, -0.15) is 0 Å². The van der Waals surface area contributed by atoms with Crippen molar-refractivity contribution >= 4 is 6.21 Å². The Kier molecular flexibility index (Phi) is 1.72. The van der Waals surface area contributed by atoms with Crippen LogP contribution in [0.1, 0.15) is 22.3 Å². The molecular weight excluding hydrogens is 146 g/mol. The van der Waals surface area contributed by atoms with E-state index in [4.69, 9.17) is 0 Å². The van der Waals surface area contributed by atoms with Crippen LogP contribution in [0.2, 0.25) is 0 Å². The van der Waals surface area contributed by atoms with Crippen molar-refractivity contribution < 1.29 is 0 Å². The van der Waals surface area contributed by atoms with Crippen LogP contribution in [0, 0.1) is 13.8 Å². The van der Waals surface area contributed by atoms with Gasteiger partial charge in [-0.1, -0.05) is 12.1 Å². The van der Waals surface area contributed by atoms with Crippen molar-refractivity contribution in [1.82, 2.24) is 0 Å². The first-order chi connectivity index (χ1) is 5.79. The summed E-state index contributed by atoms with van der Waals surface area (Å²) >= 11 is 0. The summed E-state index contributed by atoms with van der Waals surface area (Å²) in [6.45, 7) is 5.28. The highest BCUT2D eigenvalue weighted by Crippen LogP contribution is 2.19. The van der Waals surface area contributed by atoms with Gasteiger partial charge in [-0.3, -0.25) is 4.99 Å². The molecule has 12 heavy (non-hydrogen) atoms. The number of aryl methyl sites for hydroxylation is 2. The van der Waals surface area contributed by atoms with E-state index in [1.807, 2.05) is 6.21 Å². The van der Waals surface area contributed by atoms with E-state index in [-0.39, 0.29) is 0 Å². The predicted molar refractivity (Wildman–Crippen MR) is 52.1 cm³/mol. The van der Waals surface area contributed by atoms with Gasteiger partial charge in [-0.05, 0) is 42.5 Å². The maximum Gasteiger partial charge on any atom is 0.0430 e. The number of benzene rings is 1. The smallest absolute Gasteiger partial charge is 0.0430 e. The van der Waals surface area contributed by atoms with Crippen LogP contribution in [-0.2, 0) is 6.42 Å². The average molecular weight is 159 g/mol. The first kappa shape index (κ1) is 7.53. The zero-order valence-electron chi connectivity index (χ0n) is 7.59. The second kappa shape index (κ2) is 2.74. The Labute approximate surface area is 73.1 Å². The van der Waals surface area contributed by atoms with E-state index in [2.05, 4.69) is 31.0 Å². The third-order valence-corrected chi connectivity index (χ3v) is 2.52. The summed E-state index contributed by atoms with van der Waals surface area (Å²) in [5.74, 6) is 0. The largest absolute Gasteiger partial charge is 0.292 e. The molecule has 0 unspecified atom stereocenters. The molecule has 1 aliphatic heterocycles. The Morgan fingerprint density at radius 1 is 1.17 bits per heavy atom. The van der Waals surface area contributed by atoms with Crippen LogP contribution >= 0.6 is 0 Å². The number of rotatable bonds is 0. The van der Waals surface area contributed by atoms with Gasteiger partial charge in [0.2, 0.25) is 0 Å². The second-order valence-electron chi connectivity index (χ2n) is 3.38. The van der Waals surface area contributed by atoms with Crippen molar-refractivity contribution in [3.8, 4) is 0 Å². The van der Waals surface area contributed by atoms with Crippen molar-refractivity contribution in [1.29, 1.82) is 0 Å². The first-order valence-corrected chi connectivity index (χ1v) is 4.38. The minimum atomic E-state index is 0.956. The highest BCUT2D eigenvalue weighted by molar-refractivity contribution is 5.85. The van der Waals surface area contributed by atoms with Gasteiger partial charge in [0.1, 0.15) is 0 Å². The van der Waals surface area contributed by atoms with E-state index in [0.29, 0.717) is 0 Å². The monoisotopic (exact) mass is 159 g/mol. The Morgan fingerprint density at radius 2 is 1.92 bits per heavy atom. The fourth-order valence-electron chi connectivity index (χ4n) is 1.73. The molecule has 0 fully saturated rings. The van der Waals surface area contributed by atoms with Crippen LogP contribution in [0.25, 0.3) is 0 Å².